The van der Waals surface area contributed by atoms with Crippen LogP contribution in [0.5, 0.6) is 0 Å². The lowest BCUT2D eigenvalue weighted by Gasteiger charge is -2.64. The van der Waals surface area contributed by atoms with Crippen molar-refractivity contribution < 1.29 is 9.47 Å². The second-order valence-electron chi connectivity index (χ2n) is 23.5. The molecule has 8 aliphatic carbocycles. The van der Waals surface area contributed by atoms with Gasteiger partial charge in [-0.2, -0.15) is 0 Å². The van der Waals surface area contributed by atoms with E-state index < -0.39 is 0 Å². The topological polar surface area (TPSA) is 24.9 Å². The predicted molar refractivity (Wildman–Crippen MR) is 226 cm³/mol. The summed E-state index contributed by atoms with van der Waals surface area (Å²) in [6, 6.07) is 4.97. The first-order valence-corrected chi connectivity index (χ1v) is 24.7. The Hall–Kier alpha value is -0.160. The summed E-state index contributed by atoms with van der Waals surface area (Å²) in [5.41, 5.74) is -0.0394. The Morgan fingerprint density at radius 2 is 0.648 bits per heavy atom. The number of nitrogens with zero attached hydrogens (tertiary/aromatic N) is 2. The molecule has 8 rings (SSSR count). The summed E-state index contributed by atoms with van der Waals surface area (Å²) in [5, 5.41) is 0. The molecular formula is C50H88N2O2. The summed E-state index contributed by atoms with van der Waals surface area (Å²) in [5.74, 6) is 7.85. The van der Waals surface area contributed by atoms with Gasteiger partial charge in [0.1, 0.15) is 0 Å². The van der Waals surface area contributed by atoms with Gasteiger partial charge in [-0.15, -0.1) is 0 Å². The number of ether oxygens (including phenoxy) is 2. The third-order valence-corrected chi connectivity index (χ3v) is 17.7. The molecule has 8 unspecified atom stereocenters. The second-order valence-corrected chi connectivity index (χ2v) is 23.5. The fourth-order valence-electron chi connectivity index (χ4n) is 15.7. The standard InChI is InChI=1S/C50H88N2O2/c1-33-9-17-37(18-10-33)51(39-21-25-41(26-22-39)53-49(3,4)5)45-31-15-35-14-30-44-46(32-16-36-13-29-43(45)47(35)48(36)44)52(38-19-11-34(2)12-20-38)40-23-27-42(28-24-40)54-50(6,7)8/h33-48H,9-32H2,1-8H3. The molecule has 0 aromatic heterocycles. The average Bonchev–Trinajstić information content (AvgIpc) is 3.13. The average molecular weight is 749 g/mol. The molecule has 0 amide bonds. The minimum atomic E-state index is -0.0197. The smallest absolute Gasteiger partial charge is 0.0602 e. The van der Waals surface area contributed by atoms with Gasteiger partial charge in [0.2, 0.25) is 0 Å². The van der Waals surface area contributed by atoms with Gasteiger partial charge in [0.15, 0.2) is 0 Å². The lowest BCUT2D eigenvalue weighted by atomic mass is 9.46. The Morgan fingerprint density at radius 1 is 0.352 bits per heavy atom. The fourth-order valence-corrected chi connectivity index (χ4v) is 15.7. The quantitative estimate of drug-likeness (QED) is 0.247. The summed E-state index contributed by atoms with van der Waals surface area (Å²) in [6.07, 6.45) is 35.5. The van der Waals surface area contributed by atoms with Gasteiger partial charge in [0.25, 0.3) is 0 Å². The summed E-state index contributed by atoms with van der Waals surface area (Å²) in [4.78, 5) is 6.66. The van der Waals surface area contributed by atoms with E-state index in [1.54, 1.807) is 25.7 Å². The van der Waals surface area contributed by atoms with E-state index in [2.05, 4.69) is 65.2 Å². The first kappa shape index (κ1) is 40.6. The third kappa shape index (κ3) is 9.03. The zero-order valence-corrected chi connectivity index (χ0v) is 36.9. The van der Waals surface area contributed by atoms with Crippen molar-refractivity contribution in [3.05, 3.63) is 0 Å². The van der Waals surface area contributed by atoms with Crippen molar-refractivity contribution in [3.8, 4) is 0 Å². The Labute approximate surface area is 334 Å². The van der Waals surface area contributed by atoms with Crippen LogP contribution in [0.25, 0.3) is 0 Å². The van der Waals surface area contributed by atoms with E-state index in [9.17, 15) is 0 Å². The summed E-state index contributed by atoms with van der Waals surface area (Å²) in [6.45, 7) is 18.6. The largest absolute Gasteiger partial charge is 0.373 e. The van der Waals surface area contributed by atoms with Gasteiger partial charge >= 0.3 is 0 Å². The van der Waals surface area contributed by atoms with E-state index in [0.717, 1.165) is 83.6 Å². The van der Waals surface area contributed by atoms with E-state index >= 15 is 0 Å². The molecule has 4 heteroatoms. The molecule has 0 saturated heterocycles. The lowest BCUT2D eigenvalue weighted by Crippen LogP contribution is -2.64. The molecule has 310 valence electrons. The normalized spacial score (nSPS) is 46.3. The molecule has 0 heterocycles. The molecule has 8 fully saturated rings. The Bertz CT molecular complexity index is 1080. The van der Waals surface area contributed by atoms with E-state index in [1.165, 1.54) is 128 Å². The van der Waals surface area contributed by atoms with E-state index in [0.29, 0.717) is 12.2 Å². The molecule has 0 aromatic carbocycles. The summed E-state index contributed by atoms with van der Waals surface area (Å²) in [7, 11) is 0. The van der Waals surface area contributed by atoms with Crippen LogP contribution >= 0.6 is 0 Å². The highest BCUT2D eigenvalue weighted by molar-refractivity contribution is 5.10. The molecule has 0 N–H and O–H groups in total. The molecule has 8 saturated carbocycles. The maximum absolute atomic E-state index is 6.61. The second kappa shape index (κ2) is 16.8. The highest BCUT2D eigenvalue weighted by Crippen LogP contribution is 2.62. The van der Waals surface area contributed by atoms with Gasteiger partial charge in [-0.25, -0.2) is 0 Å². The van der Waals surface area contributed by atoms with Crippen molar-refractivity contribution in [2.75, 3.05) is 0 Å². The van der Waals surface area contributed by atoms with E-state index in [4.69, 9.17) is 9.47 Å². The zero-order chi connectivity index (χ0) is 37.8. The van der Waals surface area contributed by atoms with Gasteiger partial charge in [-0.3, -0.25) is 9.80 Å². The van der Waals surface area contributed by atoms with Crippen molar-refractivity contribution in [2.45, 2.75) is 269 Å². The summed E-state index contributed by atoms with van der Waals surface area (Å²) < 4.78 is 13.2. The molecule has 0 spiro atoms. The van der Waals surface area contributed by atoms with Crippen molar-refractivity contribution in [1.29, 1.82) is 0 Å². The van der Waals surface area contributed by atoms with Crippen LogP contribution in [0.1, 0.15) is 209 Å². The van der Waals surface area contributed by atoms with Crippen LogP contribution in [0.3, 0.4) is 0 Å². The molecule has 0 aromatic rings. The molecule has 0 aliphatic heterocycles. The predicted octanol–water partition coefficient (Wildman–Crippen LogP) is 12.6. The number of hydrogen-bond donors (Lipinski definition) is 0. The van der Waals surface area contributed by atoms with Gasteiger partial charge in [-0.05, 0) is 243 Å². The van der Waals surface area contributed by atoms with Gasteiger partial charge in [-0.1, -0.05) is 13.8 Å². The molecule has 4 nitrogen and oxygen atoms in total. The van der Waals surface area contributed by atoms with Crippen molar-refractivity contribution in [3.63, 3.8) is 0 Å². The maximum atomic E-state index is 6.61. The maximum Gasteiger partial charge on any atom is 0.0602 e. The first-order chi connectivity index (χ1) is 25.8. The number of hydrogen-bond acceptors (Lipinski definition) is 4. The Morgan fingerprint density at radius 3 is 0.963 bits per heavy atom. The molecule has 0 radical (unpaired) electrons. The fraction of sp³-hybridized carbons (Fsp3) is 1.00. The van der Waals surface area contributed by atoms with E-state index in [-0.39, 0.29) is 11.2 Å². The monoisotopic (exact) mass is 749 g/mol. The first-order valence-electron chi connectivity index (χ1n) is 24.7. The van der Waals surface area contributed by atoms with Gasteiger partial charge in [0, 0.05) is 36.3 Å². The minimum Gasteiger partial charge on any atom is -0.373 e. The molecule has 8 aliphatic rings. The highest BCUT2D eigenvalue weighted by Gasteiger charge is 2.58. The number of rotatable bonds is 8. The summed E-state index contributed by atoms with van der Waals surface area (Å²) >= 11 is 0. The van der Waals surface area contributed by atoms with Gasteiger partial charge in [0.05, 0.1) is 23.4 Å². The van der Waals surface area contributed by atoms with Crippen LogP contribution in [0.2, 0.25) is 0 Å². The van der Waals surface area contributed by atoms with Gasteiger partial charge < -0.3 is 9.47 Å². The molecule has 0 bridgehead atoms. The lowest BCUT2D eigenvalue weighted by molar-refractivity contribution is -0.154. The molecule has 8 atom stereocenters. The molecular weight excluding hydrogens is 661 g/mol. The van der Waals surface area contributed by atoms with Crippen LogP contribution in [-0.4, -0.2) is 69.5 Å². The Balaban J connectivity index is 1.03. The van der Waals surface area contributed by atoms with Crippen LogP contribution in [0.4, 0.5) is 0 Å². The van der Waals surface area contributed by atoms with Crippen LogP contribution < -0.4 is 0 Å². The van der Waals surface area contributed by atoms with Crippen LogP contribution in [-0.2, 0) is 9.47 Å². The van der Waals surface area contributed by atoms with Crippen molar-refractivity contribution in [2.24, 2.45) is 47.3 Å². The SMILES string of the molecule is CC1CCC(N(C2CCC(OC(C)(C)C)CC2)C2CCC3CCC4C5C(CCC2C35)CCC4N(C2CCC(C)CC2)C2CCC(OC(C)(C)C)CC2)CC1. The highest BCUT2D eigenvalue weighted by atomic mass is 16.5. The third-order valence-electron chi connectivity index (χ3n) is 17.7. The van der Waals surface area contributed by atoms with Crippen molar-refractivity contribution in [1.82, 2.24) is 9.80 Å². The van der Waals surface area contributed by atoms with Crippen molar-refractivity contribution >= 4 is 0 Å². The minimum absolute atomic E-state index is 0.0197. The van der Waals surface area contributed by atoms with Crippen LogP contribution in [0.15, 0.2) is 0 Å². The van der Waals surface area contributed by atoms with Crippen LogP contribution in [0, 0.1) is 47.3 Å². The Kier molecular flexibility index (Phi) is 12.7. The van der Waals surface area contributed by atoms with E-state index in [1.807, 2.05) is 0 Å². The molecule has 54 heavy (non-hydrogen) atoms. The zero-order valence-electron chi connectivity index (χ0n) is 36.9.